The van der Waals surface area contributed by atoms with Gasteiger partial charge in [-0.2, -0.15) is 13.2 Å². The van der Waals surface area contributed by atoms with E-state index in [4.69, 9.17) is 15.2 Å². The van der Waals surface area contributed by atoms with E-state index in [-0.39, 0.29) is 36.1 Å². The Morgan fingerprint density at radius 1 is 1.15 bits per heavy atom. The number of aliphatic hydroxyl groups excluding tert-OH is 1. The van der Waals surface area contributed by atoms with E-state index >= 15 is 0 Å². The molecule has 0 fully saturated rings. The predicted molar refractivity (Wildman–Crippen MR) is 119 cm³/mol. The fourth-order valence-electron chi connectivity index (χ4n) is 2.79. The molecule has 1 unspecified atom stereocenters. The van der Waals surface area contributed by atoms with E-state index in [9.17, 15) is 28.2 Å². The summed E-state index contributed by atoms with van der Waals surface area (Å²) in [6.07, 6.45) is -5.29. The molecule has 182 valence electrons. The van der Waals surface area contributed by atoms with Crippen molar-refractivity contribution in [2.45, 2.75) is 12.3 Å². The normalized spacial score (nSPS) is 12.4. The van der Waals surface area contributed by atoms with Crippen molar-refractivity contribution in [2.24, 2.45) is 5.73 Å². The highest BCUT2D eigenvalue weighted by Crippen LogP contribution is 2.34. The molecule has 8 nitrogen and oxygen atoms in total. The molecule has 12 heteroatoms. The first-order chi connectivity index (χ1) is 16.1. The Labute approximate surface area is 196 Å². The molecule has 1 heterocycles. The van der Waals surface area contributed by atoms with Crippen LogP contribution in [-0.2, 0) is 6.18 Å². The van der Waals surface area contributed by atoms with Crippen molar-refractivity contribution >= 4 is 17.2 Å². The lowest BCUT2D eigenvalue weighted by atomic mass is 10.2. The number of carbonyl (C=O) groups excluding carboxylic acids is 1. The zero-order valence-corrected chi connectivity index (χ0v) is 18.5. The maximum absolute atomic E-state index is 12.7. The molecule has 0 aliphatic heterocycles. The predicted octanol–water partition coefficient (Wildman–Crippen LogP) is 3.04. The highest BCUT2D eigenvalue weighted by atomic mass is 32.1. The third kappa shape index (κ3) is 7.07. The van der Waals surface area contributed by atoms with Gasteiger partial charge < -0.3 is 30.7 Å². The van der Waals surface area contributed by atoms with Crippen LogP contribution in [0.5, 0.6) is 17.2 Å². The van der Waals surface area contributed by atoms with Gasteiger partial charge >= 0.3 is 6.18 Å². The van der Waals surface area contributed by atoms with Gasteiger partial charge in [-0.15, -0.1) is 11.3 Å². The number of halogens is 3. The quantitative estimate of drug-likeness (QED) is 0.300. The van der Waals surface area contributed by atoms with Crippen molar-refractivity contribution in [1.29, 1.82) is 0 Å². The summed E-state index contributed by atoms with van der Waals surface area (Å²) in [4.78, 5) is 14.8. The third-order valence-electron chi connectivity index (χ3n) is 4.50. The minimum Gasteiger partial charge on any atom is -0.507 e. The average molecular weight is 497 g/mol. The Hall–Kier alpha value is -3.35. The molecule has 1 amide bonds. The number of benzene rings is 2. The molecule has 0 saturated heterocycles. The number of primary amides is 1. The van der Waals surface area contributed by atoms with E-state index < -0.39 is 23.9 Å². The topological polar surface area (TPSA) is 127 Å². The van der Waals surface area contributed by atoms with Crippen LogP contribution in [-0.4, -0.2) is 53.5 Å². The summed E-state index contributed by atoms with van der Waals surface area (Å²) in [5.41, 5.74) is 4.74. The molecule has 0 spiro atoms. The van der Waals surface area contributed by atoms with Crippen molar-refractivity contribution in [3.8, 4) is 27.8 Å². The number of phenols is 1. The molecule has 0 saturated carbocycles. The maximum Gasteiger partial charge on any atom is 0.434 e. The van der Waals surface area contributed by atoms with Crippen molar-refractivity contribution in [1.82, 2.24) is 10.3 Å². The van der Waals surface area contributed by atoms with E-state index in [1.54, 1.807) is 24.3 Å². The van der Waals surface area contributed by atoms with E-state index in [0.717, 1.165) is 16.7 Å². The third-order valence-corrected chi connectivity index (χ3v) is 5.39. The van der Waals surface area contributed by atoms with Gasteiger partial charge in [0.25, 0.3) is 5.91 Å². The van der Waals surface area contributed by atoms with Gasteiger partial charge in [0.05, 0.1) is 5.56 Å². The lowest BCUT2D eigenvalue weighted by molar-refractivity contribution is -0.140. The van der Waals surface area contributed by atoms with Gasteiger partial charge in [-0.3, -0.25) is 4.79 Å². The van der Waals surface area contributed by atoms with Crippen LogP contribution in [0, 0.1) is 0 Å². The molecular weight excluding hydrogens is 475 g/mol. The number of rotatable bonds is 11. The number of alkyl halides is 3. The lowest BCUT2D eigenvalue weighted by Gasteiger charge is -2.14. The minimum atomic E-state index is -4.48. The second-order valence-corrected chi connectivity index (χ2v) is 7.98. The number of amides is 1. The highest BCUT2D eigenvalue weighted by molar-refractivity contribution is 7.13. The zero-order chi connectivity index (χ0) is 24.7. The second-order valence-electron chi connectivity index (χ2n) is 7.12. The summed E-state index contributed by atoms with van der Waals surface area (Å²) < 4.78 is 49.0. The van der Waals surface area contributed by atoms with Gasteiger partial charge in [0.15, 0.2) is 5.69 Å². The number of nitrogens with one attached hydrogen (secondary N) is 1. The summed E-state index contributed by atoms with van der Waals surface area (Å²) in [6, 6.07) is 10.5. The molecule has 5 N–H and O–H groups in total. The van der Waals surface area contributed by atoms with Gasteiger partial charge in [-0.25, -0.2) is 4.98 Å². The molecule has 3 rings (SSSR count). The molecule has 0 aliphatic carbocycles. The van der Waals surface area contributed by atoms with Crippen LogP contribution in [0.25, 0.3) is 10.6 Å². The first-order valence-corrected chi connectivity index (χ1v) is 10.9. The number of aliphatic hydroxyl groups is 1. The standard InChI is InChI=1S/C22H22F3N3O5S/c23-22(24,25)19-12-34-21(28-19)13-1-3-15(4-2-13)33-11-14(29)10-27-7-8-32-16-5-6-18(30)17(9-16)20(26)31/h1-6,9,12,14,27,29-30H,7-8,10-11H2,(H2,26,31). The number of hydrogen-bond acceptors (Lipinski definition) is 8. The van der Waals surface area contributed by atoms with Crippen LogP contribution in [0.1, 0.15) is 16.1 Å². The van der Waals surface area contributed by atoms with Gasteiger partial charge in [0.2, 0.25) is 0 Å². The zero-order valence-electron chi connectivity index (χ0n) is 17.7. The molecule has 0 radical (unpaired) electrons. The molecule has 3 aromatic rings. The van der Waals surface area contributed by atoms with Gasteiger partial charge in [-0.05, 0) is 42.5 Å². The SMILES string of the molecule is NC(=O)c1cc(OCCNCC(O)COc2ccc(-c3nc(C(F)(F)F)cs3)cc2)ccc1O. The monoisotopic (exact) mass is 497 g/mol. The van der Waals surface area contributed by atoms with E-state index in [1.807, 2.05) is 0 Å². The Kier molecular flexibility index (Phi) is 8.31. The molecule has 2 aromatic carbocycles. The minimum absolute atomic E-state index is 0.00259. The number of nitrogens with zero attached hydrogens (tertiary/aromatic N) is 1. The largest absolute Gasteiger partial charge is 0.507 e. The number of aromatic nitrogens is 1. The second kappa shape index (κ2) is 11.2. The fraction of sp³-hybridized carbons (Fsp3) is 0.273. The lowest BCUT2D eigenvalue weighted by Crippen LogP contribution is -2.33. The van der Waals surface area contributed by atoms with E-state index in [1.165, 1.54) is 18.2 Å². The molecular formula is C22H22F3N3O5S. The molecule has 0 aliphatic rings. The number of ether oxygens (including phenoxy) is 2. The van der Waals surface area contributed by atoms with Gasteiger partial charge in [0.1, 0.15) is 41.6 Å². The van der Waals surface area contributed by atoms with Crippen LogP contribution in [0.3, 0.4) is 0 Å². The Morgan fingerprint density at radius 2 is 1.85 bits per heavy atom. The number of carbonyl (C=O) groups is 1. The van der Waals surface area contributed by atoms with Crippen LogP contribution in [0.2, 0.25) is 0 Å². The Bertz CT molecular complexity index is 1110. The van der Waals surface area contributed by atoms with Crippen molar-refractivity contribution in [3.05, 3.63) is 59.1 Å². The van der Waals surface area contributed by atoms with Crippen LogP contribution in [0.4, 0.5) is 13.2 Å². The number of nitrogens with two attached hydrogens (primary N) is 1. The van der Waals surface area contributed by atoms with Crippen LogP contribution >= 0.6 is 11.3 Å². The maximum atomic E-state index is 12.7. The van der Waals surface area contributed by atoms with Crippen LogP contribution < -0.4 is 20.5 Å². The van der Waals surface area contributed by atoms with Crippen molar-refractivity contribution in [2.75, 3.05) is 26.3 Å². The van der Waals surface area contributed by atoms with Gasteiger partial charge in [0, 0.05) is 24.0 Å². The molecule has 1 atom stereocenters. The van der Waals surface area contributed by atoms with Gasteiger partial charge in [-0.1, -0.05) is 0 Å². The first-order valence-electron chi connectivity index (χ1n) is 10.0. The average Bonchev–Trinajstić information content (AvgIpc) is 3.30. The number of thiazole rings is 1. The van der Waals surface area contributed by atoms with Crippen LogP contribution in [0.15, 0.2) is 47.8 Å². The highest BCUT2D eigenvalue weighted by Gasteiger charge is 2.33. The Balaban J connectivity index is 1.37. The number of aromatic hydroxyl groups is 1. The smallest absolute Gasteiger partial charge is 0.434 e. The summed E-state index contributed by atoms with van der Waals surface area (Å²) in [6.45, 7) is 0.864. The number of hydrogen-bond donors (Lipinski definition) is 4. The summed E-state index contributed by atoms with van der Waals surface area (Å²) in [7, 11) is 0. The van der Waals surface area contributed by atoms with E-state index in [2.05, 4.69) is 10.3 Å². The van der Waals surface area contributed by atoms with Crippen molar-refractivity contribution in [3.63, 3.8) is 0 Å². The van der Waals surface area contributed by atoms with Crippen molar-refractivity contribution < 1.29 is 37.7 Å². The van der Waals surface area contributed by atoms with E-state index in [0.29, 0.717) is 23.6 Å². The first kappa shape index (κ1) is 25.3. The Morgan fingerprint density at radius 3 is 2.50 bits per heavy atom. The summed E-state index contributed by atoms with van der Waals surface area (Å²) in [5, 5.41) is 23.8. The summed E-state index contributed by atoms with van der Waals surface area (Å²) in [5.74, 6) is -0.170. The summed E-state index contributed by atoms with van der Waals surface area (Å²) >= 11 is 0.906. The fourth-order valence-corrected chi connectivity index (χ4v) is 3.63. The molecule has 34 heavy (non-hydrogen) atoms. The molecule has 1 aromatic heterocycles. The molecule has 0 bridgehead atoms.